The van der Waals surface area contributed by atoms with Crippen molar-refractivity contribution in [1.82, 2.24) is 5.32 Å². The van der Waals surface area contributed by atoms with Gasteiger partial charge in [-0.1, -0.05) is 18.2 Å². The minimum atomic E-state index is -0.150. The van der Waals surface area contributed by atoms with Gasteiger partial charge < -0.3 is 5.32 Å². The topological polar surface area (TPSA) is 12.0 Å². The molecule has 2 aromatic rings. The van der Waals surface area contributed by atoms with E-state index in [1.165, 1.54) is 10.9 Å². The molecule has 1 aromatic heterocycles. The van der Waals surface area contributed by atoms with Gasteiger partial charge in [0.1, 0.15) is 5.82 Å². The van der Waals surface area contributed by atoms with Gasteiger partial charge >= 0.3 is 0 Å². The van der Waals surface area contributed by atoms with Crippen molar-refractivity contribution in [1.29, 1.82) is 0 Å². The molecule has 0 bridgehead atoms. The Morgan fingerprint density at radius 3 is 2.75 bits per heavy atom. The molecular formula is C13H14FNS. The summed E-state index contributed by atoms with van der Waals surface area (Å²) in [6.07, 6.45) is 0. The molecule has 0 amide bonds. The fraction of sp³-hybridized carbons (Fsp3) is 0.231. The summed E-state index contributed by atoms with van der Waals surface area (Å²) in [5, 5.41) is 3.11. The van der Waals surface area contributed by atoms with E-state index in [1.807, 2.05) is 26.1 Å². The van der Waals surface area contributed by atoms with Crippen molar-refractivity contribution in [2.75, 3.05) is 7.05 Å². The highest BCUT2D eigenvalue weighted by atomic mass is 32.1. The molecule has 2 rings (SSSR count). The molecule has 0 saturated heterocycles. The molecule has 1 N–H and O–H groups in total. The lowest BCUT2D eigenvalue weighted by Gasteiger charge is -2.00. The number of hydrogen-bond donors (Lipinski definition) is 1. The lowest BCUT2D eigenvalue weighted by atomic mass is 10.1. The van der Waals surface area contributed by atoms with Crippen molar-refractivity contribution in [2.45, 2.75) is 13.5 Å². The van der Waals surface area contributed by atoms with Gasteiger partial charge in [0.05, 0.1) is 0 Å². The number of aryl methyl sites for hydroxylation is 1. The van der Waals surface area contributed by atoms with Crippen LogP contribution in [0.15, 0.2) is 30.3 Å². The second kappa shape index (κ2) is 4.76. The van der Waals surface area contributed by atoms with Gasteiger partial charge in [-0.25, -0.2) is 4.39 Å². The fourth-order valence-corrected chi connectivity index (χ4v) is 2.93. The first-order valence-electron chi connectivity index (χ1n) is 5.21. The summed E-state index contributed by atoms with van der Waals surface area (Å²) in [6.45, 7) is 2.86. The standard InChI is InChI=1S/C13H14FNS/c1-9-7-10(8-15-2)16-13(9)11-5-3-4-6-12(11)14/h3-7,15H,8H2,1-2H3. The second-order valence-corrected chi connectivity index (χ2v) is 4.87. The molecule has 1 nitrogen and oxygen atoms in total. The Balaban J connectivity index is 2.44. The van der Waals surface area contributed by atoms with E-state index in [4.69, 9.17) is 0 Å². The first-order valence-corrected chi connectivity index (χ1v) is 6.03. The van der Waals surface area contributed by atoms with Crippen molar-refractivity contribution in [3.05, 3.63) is 46.6 Å². The maximum Gasteiger partial charge on any atom is 0.131 e. The van der Waals surface area contributed by atoms with Crippen LogP contribution in [-0.2, 0) is 6.54 Å². The molecule has 0 atom stereocenters. The van der Waals surface area contributed by atoms with Crippen LogP contribution in [0.25, 0.3) is 10.4 Å². The summed E-state index contributed by atoms with van der Waals surface area (Å²) >= 11 is 1.65. The quantitative estimate of drug-likeness (QED) is 0.857. The summed E-state index contributed by atoms with van der Waals surface area (Å²) in [6, 6.07) is 9.04. The molecule has 1 aromatic carbocycles. The normalized spacial score (nSPS) is 10.7. The van der Waals surface area contributed by atoms with E-state index < -0.39 is 0 Å². The Morgan fingerprint density at radius 2 is 2.06 bits per heavy atom. The molecule has 0 aliphatic heterocycles. The maximum absolute atomic E-state index is 13.6. The molecule has 0 unspecified atom stereocenters. The first-order chi connectivity index (χ1) is 7.72. The van der Waals surface area contributed by atoms with Crippen molar-refractivity contribution < 1.29 is 4.39 Å². The Kier molecular flexibility index (Phi) is 3.36. The van der Waals surface area contributed by atoms with Gasteiger partial charge in [-0.2, -0.15) is 0 Å². The zero-order chi connectivity index (χ0) is 11.5. The first kappa shape index (κ1) is 11.3. The molecular weight excluding hydrogens is 221 g/mol. The highest BCUT2D eigenvalue weighted by Crippen LogP contribution is 2.33. The Labute approximate surface area is 98.9 Å². The van der Waals surface area contributed by atoms with Gasteiger partial charge in [0.15, 0.2) is 0 Å². The number of nitrogens with one attached hydrogen (secondary N) is 1. The van der Waals surface area contributed by atoms with Crippen LogP contribution in [0.4, 0.5) is 4.39 Å². The summed E-state index contributed by atoms with van der Waals surface area (Å²) < 4.78 is 13.6. The van der Waals surface area contributed by atoms with Gasteiger partial charge in [-0.15, -0.1) is 11.3 Å². The summed E-state index contributed by atoms with van der Waals surface area (Å²) in [5.41, 5.74) is 1.84. The third-order valence-electron chi connectivity index (χ3n) is 2.44. The third-order valence-corrected chi connectivity index (χ3v) is 3.71. The van der Waals surface area contributed by atoms with Crippen LogP contribution >= 0.6 is 11.3 Å². The Morgan fingerprint density at radius 1 is 1.31 bits per heavy atom. The van der Waals surface area contributed by atoms with E-state index in [2.05, 4.69) is 11.4 Å². The van der Waals surface area contributed by atoms with Crippen LogP contribution in [0.1, 0.15) is 10.4 Å². The van der Waals surface area contributed by atoms with Crippen LogP contribution in [0.2, 0.25) is 0 Å². The number of thiophene rings is 1. The molecule has 0 fully saturated rings. The summed E-state index contributed by atoms with van der Waals surface area (Å²) in [7, 11) is 1.91. The average molecular weight is 235 g/mol. The Bertz CT molecular complexity index is 490. The van der Waals surface area contributed by atoms with E-state index >= 15 is 0 Å². The van der Waals surface area contributed by atoms with E-state index in [1.54, 1.807) is 17.4 Å². The highest BCUT2D eigenvalue weighted by Gasteiger charge is 2.10. The number of hydrogen-bond acceptors (Lipinski definition) is 2. The highest BCUT2D eigenvalue weighted by molar-refractivity contribution is 7.15. The fourth-order valence-electron chi connectivity index (χ4n) is 1.72. The van der Waals surface area contributed by atoms with Gasteiger partial charge in [0.2, 0.25) is 0 Å². The molecule has 0 aliphatic carbocycles. The van der Waals surface area contributed by atoms with Gasteiger partial charge in [0, 0.05) is 21.9 Å². The zero-order valence-corrected chi connectivity index (χ0v) is 10.2. The monoisotopic (exact) mass is 235 g/mol. The van der Waals surface area contributed by atoms with Crippen molar-refractivity contribution in [3.8, 4) is 10.4 Å². The lowest BCUT2D eigenvalue weighted by molar-refractivity contribution is 0.631. The number of halogens is 1. The predicted molar refractivity (Wildman–Crippen MR) is 67.2 cm³/mol. The number of benzene rings is 1. The molecule has 0 saturated carbocycles. The van der Waals surface area contributed by atoms with Crippen LogP contribution in [0.3, 0.4) is 0 Å². The largest absolute Gasteiger partial charge is 0.315 e. The summed E-state index contributed by atoms with van der Waals surface area (Å²) in [5.74, 6) is -0.150. The van der Waals surface area contributed by atoms with Crippen LogP contribution < -0.4 is 5.32 Å². The van der Waals surface area contributed by atoms with Gasteiger partial charge in [-0.3, -0.25) is 0 Å². The van der Waals surface area contributed by atoms with E-state index in [0.717, 1.165) is 17.0 Å². The van der Waals surface area contributed by atoms with Crippen molar-refractivity contribution in [3.63, 3.8) is 0 Å². The third kappa shape index (κ3) is 2.15. The summed E-state index contributed by atoms with van der Waals surface area (Å²) in [4.78, 5) is 2.27. The molecule has 0 spiro atoms. The SMILES string of the molecule is CNCc1cc(C)c(-c2ccccc2F)s1. The zero-order valence-electron chi connectivity index (χ0n) is 9.38. The van der Waals surface area contributed by atoms with E-state index in [0.29, 0.717) is 5.56 Å². The molecule has 3 heteroatoms. The van der Waals surface area contributed by atoms with Crippen LogP contribution in [-0.4, -0.2) is 7.05 Å². The van der Waals surface area contributed by atoms with Crippen LogP contribution in [0.5, 0.6) is 0 Å². The minimum absolute atomic E-state index is 0.150. The Hall–Kier alpha value is -1.19. The molecule has 0 radical (unpaired) electrons. The van der Waals surface area contributed by atoms with E-state index in [-0.39, 0.29) is 5.82 Å². The smallest absolute Gasteiger partial charge is 0.131 e. The molecule has 1 heterocycles. The van der Waals surface area contributed by atoms with Gasteiger partial charge in [0.25, 0.3) is 0 Å². The van der Waals surface area contributed by atoms with Crippen molar-refractivity contribution in [2.24, 2.45) is 0 Å². The van der Waals surface area contributed by atoms with Crippen LogP contribution in [0, 0.1) is 12.7 Å². The molecule has 0 aliphatic rings. The molecule has 16 heavy (non-hydrogen) atoms. The van der Waals surface area contributed by atoms with Crippen molar-refractivity contribution >= 4 is 11.3 Å². The number of rotatable bonds is 3. The lowest BCUT2D eigenvalue weighted by Crippen LogP contribution is -2.02. The van der Waals surface area contributed by atoms with E-state index in [9.17, 15) is 4.39 Å². The average Bonchev–Trinajstić information content (AvgIpc) is 2.61. The predicted octanol–water partition coefficient (Wildman–Crippen LogP) is 3.58. The second-order valence-electron chi connectivity index (χ2n) is 3.74. The molecule has 84 valence electrons. The maximum atomic E-state index is 13.6. The minimum Gasteiger partial charge on any atom is -0.315 e. The van der Waals surface area contributed by atoms with Gasteiger partial charge in [-0.05, 0) is 31.7 Å².